The predicted octanol–water partition coefficient (Wildman–Crippen LogP) is 12.1. The average Bonchev–Trinajstić information content (AvgIpc) is 3.67. The Morgan fingerprint density at radius 3 is 1.96 bits per heavy atom. The highest BCUT2D eigenvalue weighted by atomic mass is 16.3. The predicted molar refractivity (Wildman–Crippen MR) is 195 cm³/mol. The Labute approximate surface area is 274 Å². The zero-order valence-corrected chi connectivity index (χ0v) is 26.3. The van der Waals surface area contributed by atoms with Crippen LogP contribution in [0.25, 0.3) is 55.6 Å². The Balaban J connectivity index is 1.24. The Morgan fingerprint density at radius 1 is 0.511 bits per heavy atom. The number of oxazole rings is 1. The summed E-state index contributed by atoms with van der Waals surface area (Å²) in [5.74, 6) is 0.632. The fourth-order valence-corrected chi connectivity index (χ4v) is 7.32. The molecule has 9 rings (SSSR count). The van der Waals surface area contributed by atoms with Crippen LogP contribution in [0.5, 0.6) is 0 Å². The van der Waals surface area contributed by atoms with Crippen LogP contribution >= 0.6 is 0 Å². The first kappa shape index (κ1) is 27.4. The van der Waals surface area contributed by atoms with Gasteiger partial charge in [0, 0.05) is 33.1 Å². The molecule has 1 heterocycles. The Kier molecular flexibility index (Phi) is 6.16. The van der Waals surface area contributed by atoms with Crippen molar-refractivity contribution in [1.29, 1.82) is 0 Å². The van der Waals surface area contributed by atoms with Gasteiger partial charge < -0.3 is 9.32 Å². The first-order chi connectivity index (χ1) is 23.1. The third-order valence-corrected chi connectivity index (χ3v) is 9.71. The molecule has 0 saturated heterocycles. The molecule has 47 heavy (non-hydrogen) atoms. The summed E-state index contributed by atoms with van der Waals surface area (Å²) in [6, 6.07) is 56.0. The molecule has 0 N–H and O–H groups in total. The maximum atomic E-state index is 6.27. The van der Waals surface area contributed by atoms with Crippen molar-refractivity contribution in [1.82, 2.24) is 4.98 Å². The second-order valence-electron chi connectivity index (χ2n) is 12.8. The van der Waals surface area contributed by atoms with Gasteiger partial charge in [0.15, 0.2) is 5.58 Å². The first-order valence-corrected chi connectivity index (χ1v) is 16.1. The highest BCUT2D eigenvalue weighted by Gasteiger charge is 2.35. The number of hydrogen-bond acceptors (Lipinski definition) is 3. The number of hydrogen-bond donors (Lipinski definition) is 0. The smallest absolute Gasteiger partial charge is 0.227 e. The molecule has 3 nitrogen and oxygen atoms in total. The van der Waals surface area contributed by atoms with Gasteiger partial charge >= 0.3 is 0 Å². The van der Waals surface area contributed by atoms with E-state index in [9.17, 15) is 0 Å². The number of nitrogens with zero attached hydrogens (tertiary/aromatic N) is 2. The lowest BCUT2D eigenvalue weighted by molar-refractivity contribution is 0.620. The van der Waals surface area contributed by atoms with Crippen molar-refractivity contribution < 1.29 is 4.42 Å². The second kappa shape index (κ2) is 10.6. The molecule has 8 aromatic rings. The summed E-state index contributed by atoms with van der Waals surface area (Å²) in [7, 11) is 0. The third kappa shape index (κ3) is 4.39. The zero-order valence-electron chi connectivity index (χ0n) is 26.3. The van der Waals surface area contributed by atoms with Crippen molar-refractivity contribution in [2.24, 2.45) is 0 Å². The lowest BCUT2D eigenvalue weighted by Gasteiger charge is -2.29. The number of benzene rings is 7. The van der Waals surface area contributed by atoms with E-state index in [4.69, 9.17) is 9.40 Å². The maximum absolute atomic E-state index is 6.27. The van der Waals surface area contributed by atoms with Crippen LogP contribution in [0.1, 0.15) is 25.0 Å². The van der Waals surface area contributed by atoms with E-state index in [2.05, 4.69) is 146 Å². The molecule has 0 unspecified atom stereocenters. The van der Waals surface area contributed by atoms with Gasteiger partial charge in [-0.15, -0.1) is 0 Å². The van der Waals surface area contributed by atoms with E-state index in [0.717, 1.165) is 44.5 Å². The average molecular weight is 605 g/mol. The molecule has 0 fully saturated rings. The summed E-state index contributed by atoms with van der Waals surface area (Å²) in [5.41, 5.74) is 13.6. The highest BCUT2D eigenvalue weighted by molar-refractivity contribution is 6.10. The molecular weight excluding hydrogens is 572 g/mol. The lowest BCUT2D eigenvalue weighted by Crippen LogP contribution is -2.16. The second-order valence-corrected chi connectivity index (χ2v) is 12.8. The minimum Gasteiger partial charge on any atom is -0.436 e. The van der Waals surface area contributed by atoms with E-state index < -0.39 is 0 Å². The molecule has 0 saturated carbocycles. The van der Waals surface area contributed by atoms with E-state index in [1.165, 1.54) is 33.4 Å². The molecule has 224 valence electrons. The van der Waals surface area contributed by atoms with Gasteiger partial charge in [-0.05, 0) is 88.0 Å². The van der Waals surface area contributed by atoms with Gasteiger partial charge in [-0.1, -0.05) is 117 Å². The van der Waals surface area contributed by atoms with E-state index >= 15 is 0 Å². The van der Waals surface area contributed by atoms with Crippen LogP contribution < -0.4 is 4.90 Å². The summed E-state index contributed by atoms with van der Waals surface area (Å²) in [4.78, 5) is 7.40. The fourth-order valence-electron chi connectivity index (χ4n) is 7.32. The van der Waals surface area contributed by atoms with Crippen molar-refractivity contribution in [2.75, 3.05) is 4.90 Å². The Morgan fingerprint density at radius 2 is 1.17 bits per heavy atom. The number of fused-ring (bicyclic) bond motifs is 6. The Hall–Kier alpha value is -5.93. The molecule has 0 amide bonds. The van der Waals surface area contributed by atoms with Gasteiger partial charge in [-0.3, -0.25) is 0 Å². The lowest BCUT2D eigenvalue weighted by atomic mass is 9.82. The van der Waals surface area contributed by atoms with E-state index in [1.54, 1.807) is 0 Å². The summed E-state index contributed by atoms with van der Waals surface area (Å²) < 4.78 is 6.27. The molecule has 1 aliphatic rings. The van der Waals surface area contributed by atoms with Gasteiger partial charge in [0.25, 0.3) is 0 Å². The van der Waals surface area contributed by atoms with Gasteiger partial charge in [0.05, 0.1) is 5.69 Å². The molecular formula is C44H32N2O. The monoisotopic (exact) mass is 604 g/mol. The topological polar surface area (TPSA) is 29.3 Å². The quantitative estimate of drug-likeness (QED) is 0.196. The summed E-state index contributed by atoms with van der Waals surface area (Å²) >= 11 is 0. The van der Waals surface area contributed by atoms with Crippen LogP contribution in [0.15, 0.2) is 162 Å². The van der Waals surface area contributed by atoms with Gasteiger partial charge in [-0.25, -0.2) is 4.98 Å². The summed E-state index contributed by atoms with van der Waals surface area (Å²) in [5, 5.41) is 2.17. The van der Waals surface area contributed by atoms with Crippen LogP contribution in [0.2, 0.25) is 0 Å². The molecule has 0 aliphatic heterocycles. The molecule has 0 radical (unpaired) electrons. The van der Waals surface area contributed by atoms with Gasteiger partial charge in [0.1, 0.15) is 5.52 Å². The number of anilines is 3. The van der Waals surface area contributed by atoms with Crippen LogP contribution in [0.3, 0.4) is 0 Å². The molecule has 1 aromatic heterocycles. The van der Waals surface area contributed by atoms with Gasteiger partial charge in [0.2, 0.25) is 5.89 Å². The first-order valence-electron chi connectivity index (χ1n) is 16.1. The van der Waals surface area contributed by atoms with E-state index in [1.807, 2.05) is 30.3 Å². The molecule has 0 bridgehead atoms. The summed E-state index contributed by atoms with van der Waals surface area (Å²) in [6.07, 6.45) is 0. The van der Waals surface area contributed by atoms with Crippen LogP contribution in [-0.2, 0) is 5.41 Å². The van der Waals surface area contributed by atoms with Crippen molar-refractivity contribution in [2.45, 2.75) is 19.3 Å². The Bertz CT molecular complexity index is 2420. The van der Waals surface area contributed by atoms with Gasteiger partial charge in [-0.2, -0.15) is 0 Å². The standard InChI is InChI=1S/C44H32N2O/c1-44(2)38-18-10-9-16-34(38)35-25-24-33(28-39(35)44)46(32-22-20-30(21-23-32)29-12-5-3-6-13-29)40-19-11-17-37-36(40)26-27-41-42(37)45-43(47-41)31-14-7-4-8-15-31/h3-28H,1-2H3. The van der Waals surface area contributed by atoms with E-state index in [0.29, 0.717) is 5.89 Å². The highest BCUT2D eigenvalue weighted by Crippen LogP contribution is 2.51. The minimum absolute atomic E-state index is 0.107. The summed E-state index contributed by atoms with van der Waals surface area (Å²) in [6.45, 7) is 4.67. The maximum Gasteiger partial charge on any atom is 0.227 e. The molecule has 7 aromatic carbocycles. The largest absolute Gasteiger partial charge is 0.436 e. The zero-order chi connectivity index (χ0) is 31.5. The van der Waals surface area contributed by atoms with Crippen molar-refractivity contribution in [3.63, 3.8) is 0 Å². The normalized spacial score (nSPS) is 13.1. The van der Waals surface area contributed by atoms with Crippen LogP contribution in [0.4, 0.5) is 17.1 Å². The molecule has 0 atom stereocenters. The number of rotatable bonds is 5. The fraction of sp³-hybridized carbons (Fsp3) is 0.0682. The minimum atomic E-state index is -0.107. The molecule has 3 heteroatoms. The molecule has 1 aliphatic carbocycles. The molecule has 0 spiro atoms. The third-order valence-electron chi connectivity index (χ3n) is 9.71. The van der Waals surface area contributed by atoms with Crippen LogP contribution in [-0.4, -0.2) is 4.98 Å². The van der Waals surface area contributed by atoms with Crippen molar-refractivity contribution in [3.8, 4) is 33.7 Å². The van der Waals surface area contributed by atoms with Crippen molar-refractivity contribution in [3.05, 3.63) is 169 Å². The van der Waals surface area contributed by atoms with Crippen molar-refractivity contribution >= 4 is 38.9 Å². The van der Waals surface area contributed by atoms with E-state index in [-0.39, 0.29) is 5.41 Å². The number of aromatic nitrogens is 1. The SMILES string of the molecule is CC1(C)c2ccccc2-c2ccc(N(c3ccc(-c4ccccc4)cc3)c3cccc4c3ccc3oc(-c5ccccc5)nc34)cc21. The van der Waals surface area contributed by atoms with Crippen LogP contribution in [0, 0.1) is 0 Å².